The first-order valence-electron chi connectivity index (χ1n) is 4.42. The molecule has 0 bridgehead atoms. The first-order valence-corrected chi connectivity index (χ1v) is 4.83. The molecule has 0 saturated carbocycles. The van der Waals surface area contributed by atoms with Gasteiger partial charge in [0.05, 0.1) is 0 Å². The Hall–Kier alpha value is -1.75. The molecule has 0 atom stereocenters. The molecular weight excluding hydrogens is 210 g/mol. The molecule has 15 heavy (non-hydrogen) atoms. The Morgan fingerprint density at radius 1 is 1.27 bits per heavy atom. The van der Waals surface area contributed by atoms with E-state index in [4.69, 9.17) is 16.6 Å². The van der Waals surface area contributed by atoms with Crippen LogP contribution in [0, 0.1) is 0 Å². The standard InChI is InChI=1S/C10H9N3OS/c1-11-10(15)9-13-12-8(14-9)7-5-3-2-4-6-7/h2-6H,1H3,(H,11,15). The quantitative estimate of drug-likeness (QED) is 0.778. The molecule has 76 valence electrons. The van der Waals surface area contributed by atoms with Crippen molar-refractivity contribution in [3.8, 4) is 11.5 Å². The van der Waals surface area contributed by atoms with Gasteiger partial charge in [-0.2, -0.15) is 0 Å². The SMILES string of the molecule is CNC(=S)c1nnc(-c2ccccc2)o1. The molecule has 1 heterocycles. The normalized spacial score (nSPS) is 9.93. The molecule has 2 aromatic rings. The Morgan fingerprint density at radius 2 is 2.00 bits per heavy atom. The highest BCUT2D eigenvalue weighted by Gasteiger charge is 2.10. The fraction of sp³-hybridized carbons (Fsp3) is 0.100. The smallest absolute Gasteiger partial charge is 0.275 e. The number of nitrogens with one attached hydrogen (secondary N) is 1. The van der Waals surface area contributed by atoms with E-state index in [0.29, 0.717) is 16.8 Å². The number of thiocarbonyl (C=S) groups is 1. The van der Waals surface area contributed by atoms with Crippen molar-refractivity contribution in [2.24, 2.45) is 0 Å². The summed E-state index contributed by atoms with van der Waals surface area (Å²) in [6.45, 7) is 0. The summed E-state index contributed by atoms with van der Waals surface area (Å²) in [7, 11) is 1.72. The molecule has 2 rings (SSSR count). The predicted octanol–water partition coefficient (Wildman–Crippen LogP) is 1.63. The van der Waals surface area contributed by atoms with E-state index < -0.39 is 0 Å². The zero-order valence-corrected chi connectivity index (χ0v) is 8.91. The minimum absolute atomic E-state index is 0.339. The molecule has 0 radical (unpaired) electrons. The first kappa shape index (κ1) is 9.79. The largest absolute Gasteiger partial charge is 0.414 e. The summed E-state index contributed by atoms with van der Waals surface area (Å²) in [6.07, 6.45) is 0. The second kappa shape index (κ2) is 4.18. The van der Waals surface area contributed by atoms with Gasteiger partial charge >= 0.3 is 0 Å². The van der Waals surface area contributed by atoms with Gasteiger partial charge in [0.1, 0.15) is 0 Å². The lowest BCUT2D eigenvalue weighted by molar-refractivity contribution is 0.557. The molecule has 4 nitrogen and oxygen atoms in total. The van der Waals surface area contributed by atoms with E-state index in [-0.39, 0.29) is 0 Å². The average molecular weight is 219 g/mol. The van der Waals surface area contributed by atoms with Gasteiger partial charge in [0.15, 0.2) is 4.99 Å². The molecule has 0 aliphatic heterocycles. The monoisotopic (exact) mass is 219 g/mol. The van der Waals surface area contributed by atoms with Crippen LogP contribution in [0.15, 0.2) is 34.7 Å². The molecule has 0 spiro atoms. The molecule has 5 heteroatoms. The molecule has 0 aliphatic rings. The van der Waals surface area contributed by atoms with E-state index in [1.807, 2.05) is 30.3 Å². The van der Waals surface area contributed by atoms with E-state index in [2.05, 4.69) is 15.5 Å². The topological polar surface area (TPSA) is 51.0 Å². The van der Waals surface area contributed by atoms with Crippen molar-refractivity contribution in [2.45, 2.75) is 0 Å². The summed E-state index contributed by atoms with van der Waals surface area (Å²) in [6, 6.07) is 9.56. The fourth-order valence-corrected chi connectivity index (χ4v) is 1.20. The molecule has 0 amide bonds. The summed E-state index contributed by atoms with van der Waals surface area (Å²) < 4.78 is 5.40. The minimum atomic E-state index is 0.339. The molecule has 0 aliphatic carbocycles. The van der Waals surface area contributed by atoms with Gasteiger partial charge in [0.25, 0.3) is 5.89 Å². The summed E-state index contributed by atoms with van der Waals surface area (Å²) in [5.41, 5.74) is 0.884. The molecule has 0 saturated heterocycles. The third-order valence-corrected chi connectivity index (χ3v) is 2.25. The highest BCUT2D eigenvalue weighted by Crippen LogP contribution is 2.16. The average Bonchev–Trinajstić information content (AvgIpc) is 2.78. The Labute approximate surface area is 92.3 Å². The van der Waals surface area contributed by atoms with Crippen LogP contribution in [-0.4, -0.2) is 22.2 Å². The third kappa shape index (κ3) is 2.02. The Bertz CT molecular complexity index is 467. The van der Waals surface area contributed by atoms with Crippen molar-refractivity contribution in [1.29, 1.82) is 0 Å². The number of benzene rings is 1. The predicted molar refractivity (Wildman–Crippen MR) is 60.5 cm³/mol. The summed E-state index contributed by atoms with van der Waals surface area (Å²) >= 11 is 4.98. The summed E-state index contributed by atoms with van der Waals surface area (Å²) in [4.78, 5) is 0.449. The van der Waals surface area contributed by atoms with Crippen LogP contribution in [0.2, 0.25) is 0 Å². The van der Waals surface area contributed by atoms with Crippen molar-refractivity contribution in [3.05, 3.63) is 36.2 Å². The van der Waals surface area contributed by atoms with Crippen LogP contribution < -0.4 is 5.32 Å². The van der Waals surface area contributed by atoms with Crippen molar-refractivity contribution < 1.29 is 4.42 Å². The van der Waals surface area contributed by atoms with Gasteiger partial charge in [-0.1, -0.05) is 30.4 Å². The van der Waals surface area contributed by atoms with Gasteiger partial charge in [0.2, 0.25) is 5.89 Å². The van der Waals surface area contributed by atoms with Gasteiger partial charge < -0.3 is 9.73 Å². The maximum atomic E-state index is 5.40. The van der Waals surface area contributed by atoms with E-state index >= 15 is 0 Å². The molecule has 1 aromatic carbocycles. The number of hydrogen-bond donors (Lipinski definition) is 1. The Balaban J connectivity index is 2.32. The zero-order valence-electron chi connectivity index (χ0n) is 8.10. The van der Waals surface area contributed by atoms with Crippen LogP contribution in [0.5, 0.6) is 0 Å². The van der Waals surface area contributed by atoms with E-state index in [9.17, 15) is 0 Å². The van der Waals surface area contributed by atoms with Crippen LogP contribution in [0.1, 0.15) is 5.89 Å². The van der Waals surface area contributed by atoms with Crippen LogP contribution in [0.3, 0.4) is 0 Å². The zero-order chi connectivity index (χ0) is 10.7. The highest BCUT2D eigenvalue weighted by atomic mass is 32.1. The van der Waals surface area contributed by atoms with Crippen molar-refractivity contribution >= 4 is 17.2 Å². The second-order valence-corrected chi connectivity index (χ2v) is 3.27. The van der Waals surface area contributed by atoms with Crippen LogP contribution in [0.4, 0.5) is 0 Å². The van der Waals surface area contributed by atoms with Gasteiger partial charge in [0, 0.05) is 12.6 Å². The number of aromatic nitrogens is 2. The van der Waals surface area contributed by atoms with Crippen molar-refractivity contribution in [1.82, 2.24) is 15.5 Å². The minimum Gasteiger partial charge on any atom is -0.414 e. The number of nitrogens with zero attached hydrogens (tertiary/aromatic N) is 2. The van der Waals surface area contributed by atoms with E-state index in [1.165, 1.54) is 0 Å². The molecule has 1 aromatic heterocycles. The van der Waals surface area contributed by atoms with Gasteiger partial charge in [-0.25, -0.2) is 0 Å². The fourth-order valence-electron chi connectivity index (χ4n) is 1.12. The van der Waals surface area contributed by atoms with Gasteiger partial charge in [-0.05, 0) is 12.1 Å². The van der Waals surface area contributed by atoms with Crippen molar-refractivity contribution in [2.75, 3.05) is 7.05 Å². The Morgan fingerprint density at radius 3 is 2.67 bits per heavy atom. The lowest BCUT2D eigenvalue weighted by Gasteiger charge is -1.94. The second-order valence-electron chi connectivity index (χ2n) is 2.86. The lowest BCUT2D eigenvalue weighted by atomic mass is 10.2. The third-order valence-electron chi connectivity index (χ3n) is 1.87. The molecule has 0 fully saturated rings. The van der Waals surface area contributed by atoms with Crippen LogP contribution >= 0.6 is 12.2 Å². The number of rotatable bonds is 2. The maximum Gasteiger partial charge on any atom is 0.275 e. The van der Waals surface area contributed by atoms with E-state index in [1.54, 1.807) is 7.05 Å². The lowest BCUT2D eigenvalue weighted by Crippen LogP contribution is -2.16. The molecular formula is C10H9N3OS. The van der Waals surface area contributed by atoms with Crippen LogP contribution in [-0.2, 0) is 0 Å². The summed E-state index contributed by atoms with van der Waals surface area (Å²) in [5, 5.41) is 10.5. The summed E-state index contributed by atoms with van der Waals surface area (Å²) in [5.74, 6) is 0.814. The molecule has 0 unspecified atom stereocenters. The van der Waals surface area contributed by atoms with Gasteiger partial charge in [-0.15, -0.1) is 10.2 Å². The van der Waals surface area contributed by atoms with Gasteiger partial charge in [-0.3, -0.25) is 0 Å². The van der Waals surface area contributed by atoms with E-state index in [0.717, 1.165) is 5.56 Å². The highest BCUT2D eigenvalue weighted by molar-refractivity contribution is 7.80. The molecule has 1 N–H and O–H groups in total. The maximum absolute atomic E-state index is 5.40. The number of hydrogen-bond acceptors (Lipinski definition) is 4. The van der Waals surface area contributed by atoms with Crippen molar-refractivity contribution in [3.63, 3.8) is 0 Å². The Kier molecular flexibility index (Phi) is 2.73. The van der Waals surface area contributed by atoms with Crippen LogP contribution in [0.25, 0.3) is 11.5 Å². The first-order chi connectivity index (χ1) is 7.31.